The number of pyridine rings is 1. The van der Waals surface area contributed by atoms with E-state index in [1.165, 1.54) is 16.9 Å². The molecule has 0 atom stereocenters. The van der Waals surface area contributed by atoms with Crippen molar-refractivity contribution in [2.45, 2.75) is 27.2 Å². The number of hydrogen-bond acceptors (Lipinski definition) is 8. The molecule has 9 nitrogen and oxygen atoms in total. The number of thiophene rings is 1. The lowest BCUT2D eigenvalue weighted by Crippen LogP contribution is -2.62. The minimum absolute atomic E-state index is 0.253. The van der Waals surface area contributed by atoms with E-state index in [1.807, 2.05) is 18.9 Å². The minimum atomic E-state index is -0.333. The number of ether oxygens (including phenoxy) is 1. The van der Waals surface area contributed by atoms with Crippen LogP contribution in [0.25, 0.3) is 10.2 Å². The predicted octanol–water partition coefficient (Wildman–Crippen LogP) is 1.55. The molecule has 0 bridgehead atoms. The number of aromatic nitrogens is 3. The molecule has 4 heterocycles. The average Bonchev–Trinajstić information content (AvgIpc) is 3.27. The van der Waals surface area contributed by atoms with E-state index in [2.05, 4.69) is 22.5 Å². The van der Waals surface area contributed by atoms with Crippen LogP contribution in [0.2, 0.25) is 0 Å². The highest BCUT2D eigenvalue weighted by Gasteiger charge is 2.26. The lowest BCUT2D eigenvalue weighted by atomic mass is 10.0. The smallest absolute Gasteiger partial charge is 0.306 e. The second-order valence-electron chi connectivity index (χ2n) is 6.69. The number of nitrogens with zero attached hydrogens (tertiary/aromatic N) is 4. The van der Waals surface area contributed by atoms with Gasteiger partial charge < -0.3 is 10.5 Å². The summed E-state index contributed by atoms with van der Waals surface area (Å²) >= 11 is 1.29. The number of nitrogens with two attached hydrogens (primary N) is 1. The molecule has 0 saturated carbocycles. The fourth-order valence-electron chi connectivity index (χ4n) is 3.56. The Labute approximate surface area is 166 Å². The molecule has 0 aliphatic carbocycles. The molecular formula is C18H23N6O3S+. The van der Waals surface area contributed by atoms with Gasteiger partial charge in [-0.05, 0) is 31.4 Å². The third-order valence-electron chi connectivity index (χ3n) is 4.99. The Kier molecular flexibility index (Phi) is 4.90. The standard InChI is InChI=1S/C18H22N6O3S/c1-4-12-10(2)14-15(19)16(28-18(14)20-11(12)3)17(25)21-13-9-24(22-27-13)23-5-7-26-8-6-23/h9H,4-8H2,1-3H3,(H2-,19,21,22,25)/p+1. The molecule has 3 aromatic heterocycles. The van der Waals surface area contributed by atoms with Gasteiger partial charge in [0.2, 0.25) is 5.27 Å². The molecule has 1 fully saturated rings. The van der Waals surface area contributed by atoms with Crippen molar-refractivity contribution in [3.63, 3.8) is 0 Å². The summed E-state index contributed by atoms with van der Waals surface area (Å²) < 4.78 is 10.6. The Morgan fingerprint density at radius 1 is 1.39 bits per heavy atom. The van der Waals surface area contributed by atoms with Crippen LogP contribution in [-0.2, 0) is 11.2 Å². The first kappa shape index (κ1) is 18.6. The molecule has 28 heavy (non-hydrogen) atoms. The van der Waals surface area contributed by atoms with Crippen molar-refractivity contribution in [1.29, 1.82) is 0 Å². The second-order valence-corrected chi connectivity index (χ2v) is 7.69. The molecular weight excluding hydrogens is 380 g/mol. The van der Waals surface area contributed by atoms with E-state index in [9.17, 15) is 4.79 Å². The monoisotopic (exact) mass is 403 g/mol. The number of anilines is 2. The second kappa shape index (κ2) is 7.36. The van der Waals surface area contributed by atoms with E-state index in [4.69, 9.17) is 15.0 Å². The highest BCUT2D eigenvalue weighted by atomic mass is 32.1. The first-order chi connectivity index (χ1) is 13.5. The minimum Gasteiger partial charge on any atom is -0.397 e. The number of hydrogen-bond donors (Lipinski definition) is 2. The largest absolute Gasteiger partial charge is 0.397 e. The number of aryl methyl sites for hydroxylation is 2. The molecule has 1 aliphatic heterocycles. The van der Waals surface area contributed by atoms with Crippen molar-refractivity contribution in [1.82, 2.24) is 10.3 Å². The van der Waals surface area contributed by atoms with Crippen molar-refractivity contribution >= 4 is 39.0 Å². The van der Waals surface area contributed by atoms with E-state index in [1.54, 1.807) is 11.0 Å². The summed E-state index contributed by atoms with van der Waals surface area (Å²) in [5, 5.41) is 9.53. The van der Waals surface area contributed by atoms with Crippen LogP contribution < -0.4 is 20.9 Å². The Bertz CT molecular complexity index is 1040. The summed E-state index contributed by atoms with van der Waals surface area (Å²) in [5.41, 5.74) is 10.0. The highest BCUT2D eigenvalue weighted by Crippen LogP contribution is 2.37. The zero-order valence-electron chi connectivity index (χ0n) is 16.1. The molecule has 1 saturated heterocycles. The maximum atomic E-state index is 12.8. The lowest BCUT2D eigenvalue weighted by molar-refractivity contribution is -0.759. The predicted molar refractivity (Wildman–Crippen MR) is 106 cm³/mol. The average molecular weight is 403 g/mol. The van der Waals surface area contributed by atoms with E-state index in [0.29, 0.717) is 36.9 Å². The summed E-state index contributed by atoms with van der Waals surface area (Å²) in [7, 11) is 0. The molecule has 0 radical (unpaired) electrons. The summed E-state index contributed by atoms with van der Waals surface area (Å²) in [6.45, 7) is 8.78. The maximum absolute atomic E-state index is 12.8. The maximum Gasteiger partial charge on any atom is 0.306 e. The lowest BCUT2D eigenvalue weighted by Gasteiger charge is -2.18. The van der Waals surface area contributed by atoms with Gasteiger partial charge in [-0.25, -0.2) is 4.98 Å². The van der Waals surface area contributed by atoms with Gasteiger partial charge in [0, 0.05) is 11.1 Å². The molecule has 148 valence electrons. The van der Waals surface area contributed by atoms with Crippen molar-refractivity contribution in [3.8, 4) is 0 Å². The van der Waals surface area contributed by atoms with Crippen LogP contribution >= 0.6 is 11.3 Å². The molecule has 3 N–H and O–H groups in total. The van der Waals surface area contributed by atoms with Gasteiger partial charge in [0.1, 0.15) is 9.71 Å². The molecule has 1 amide bonds. The quantitative estimate of drug-likeness (QED) is 0.636. The number of amides is 1. The van der Waals surface area contributed by atoms with Gasteiger partial charge in [-0.1, -0.05) is 6.92 Å². The van der Waals surface area contributed by atoms with Crippen molar-refractivity contribution in [3.05, 3.63) is 27.9 Å². The van der Waals surface area contributed by atoms with Gasteiger partial charge in [0.15, 0.2) is 0 Å². The zero-order chi connectivity index (χ0) is 19.8. The van der Waals surface area contributed by atoms with Crippen molar-refractivity contribution in [2.24, 2.45) is 0 Å². The van der Waals surface area contributed by atoms with E-state index in [-0.39, 0.29) is 11.8 Å². The fraction of sp³-hybridized carbons (Fsp3) is 0.444. The fourth-order valence-corrected chi connectivity index (χ4v) is 4.65. The molecule has 10 heteroatoms. The van der Waals surface area contributed by atoms with Crippen LogP contribution in [0.3, 0.4) is 0 Å². The molecule has 0 spiro atoms. The molecule has 3 aromatic rings. The number of nitrogens with one attached hydrogen (secondary N) is 1. The van der Waals surface area contributed by atoms with Crippen LogP contribution in [0, 0.1) is 13.8 Å². The normalized spacial score (nSPS) is 14.6. The zero-order valence-corrected chi connectivity index (χ0v) is 16.9. The van der Waals surface area contributed by atoms with Crippen LogP contribution in [0.15, 0.2) is 10.7 Å². The van der Waals surface area contributed by atoms with Crippen LogP contribution in [0.5, 0.6) is 0 Å². The Morgan fingerprint density at radius 3 is 2.86 bits per heavy atom. The number of fused-ring (bicyclic) bond motifs is 1. The van der Waals surface area contributed by atoms with Gasteiger partial charge in [-0.2, -0.15) is 0 Å². The third kappa shape index (κ3) is 3.18. The highest BCUT2D eigenvalue weighted by molar-refractivity contribution is 7.21. The van der Waals surface area contributed by atoms with Crippen molar-refractivity contribution < 1.29 is 18.8 Å². The Morgan fingerprint density at radius 2 is 2.14 bits per heavy atom. The summed E-state index contributed by atoms with van der Waals surface area (Å²) in [6.07, 6.45) is 2.51. The third-order valence-corrected chi connectivity index (χ3v) is 6.09. The Balaban J connectivity index is 1.60. The summed E-state index contributed by atoms with van der Waals surface area (Å²) in [6, 6.07) is 0. The van der Waals surface area contributed by atoms with Gasteiger partial charge in [-0.15, -0.1) is 16.3 Å². The molecule has 1 aliphatic rings. The van der Waals surface area contributed by atoms with E-state index in [0.717, 1.165) is 27.9 Å². The van der Waals surface area contributed by atoms with Crippen molar-refractivity contribution in [2.75, 3.05) is 42.4 Å². The Hall–Kier alpha value is -2.72. The summed E-state index contributed by atoms with van der Waals surface area (Å²) in [4.78, 5) is 20.2. The number of carbonyl (C=O) groups is 1. The number of morpholine rings is 1. The van der Waals surface area contributed by atoms with Crippen LogP contribution in [-0.4, -0.2) is 42.5 Å². The summed E-state index contributed by atoms with van der Waals surface area (Å²) in [5.74, 6) is -0.0793. The first-order valence-electron chi connectivity index (χ1n) is 9.20. The van der Waals surface area contributed by atoms with Gasteiger partial charge in [0.05, 0.1) is 36.8 Å². The van der Waals surface area contributed by atoms with Crippen LogP contribution in [0.1, 0.15) is 33.4 Å². The van der Waals surface area contributed by atoms with Gasteiger partial charge >= 0.3 is 5.88 Å². The first-order valence-corrected chi connectivity index (χ1v) is 10.0. The number of nitrogen functional groups attached to an aromatic ring is 1. The molecule has 4 rings (SSSR count). The van der Waals surface area contributed by atoms with Gasteiger partial charge in [-0.3, -0.25) is 14.6 Å². The van der Waals surface area contributed by atoms with Gasteiger partial charge in [0.25, 0.3) is 12.1 Å². The van der Waals surface area contributed by atoms with E-state index < -0.39 is 0 Å². The van der Waals surface area contributed by atoms with E-state index >= 15 is 0 Å². The molecule has 0 unspecified atom stereocenters. The number of carbonyl (C=O) groups excluding carboxylic acids is 1. The SMILES string of the molecule is CCc1c(C)nc2sc(C(=O)Nc3c[n+](N4CCOCC4)no3)c(N)c2c1C. The molecule has 0 aromatic carbocycles. The number of rotatable bonds is 4. The topological polar surface area (TPSA) is 110 Å². The van der Waals surface area contributed by atoms with Crippen LogP contribution in [0.4, 0.5) is 11.6 Å².